The molecule has 0 bridgehead atoms. The van der Waals surface area contributed by atoms with E-state index in [-0.39, 0.29) is 18.3 Å². The first-order chi connectivity index (χ1) is 17.4. The average Bonchev–Trinajstić information content (AvgIpc) is 3.25. The molecular formula is C27H23ClF2N2O4. The molecule has 0 unspecified atom stereocenters. The van der Waals surface area contributed by atoms with Crippen molar-refractivity contribution in [3.8, 4) is 17.2 Å². The first-order valence-electron chi connectivity index (χ1n) is 11.3. The topological polar surface area (TPSA) is 63.8 Å². The second-order valence-corrected chi connectivity index (χ2v) is 8.79. The van der Waals surface area contributed by atoms with Crippen molar-refractivity contribution >= 4 is 28.4 Å². The van der Waals surface area contributed by atoms with Gasteiger partial charge in [0.25, 0.3) is 5.91 Å². The van der Waals surface area contributed by atoms with Crippen molar-refractivity contribution in [1.29, 1.82) is 0 Å². The van der Waals surface area contributed by atoms with Gasteiger partial charge in [0.1, 0.15) is 17.2 Å². The van der Waals surface area contributed by atoms with E-state index >= 15 is 0 Å². The quantitative estimate of drug-likeness (QED) is 0.330. The zero-order valence-corrected chi connectivity index (χ0v) is 20.1. The first-order valence-corrected chi connectivity index (χ1v) is 11.7. The van der Waals surface area contributed by atoms with E-state index in [9.17, 15) is 13.6 Å². The van der Waals surface area contributed by atoms with E-state index in [0.29, 0.717) is 23.7 Å². The van der Waals surface area contributed by atoms with Crippen LogP contribution in [0.15, 0.2) is 66.7 Å². The van der Waals surface area contributed by atoms with Crippen molar-refractivity contribution in [2.75, 3.05) is 20.3 Å². The van der Waals surface area contributed by atoms with Gasteiger partial charge in [-0.15, -0.1) is 0 Å². The molecule has 1 aromatic heterocycles. The maximum absolute atomic E-state index is 13.4. The van der Waals surface area contributed by atoms with E-state index in [1.165, 1.54) is 12.1 Å². The summed E-state index contributed by atoms with van der Waals surface area (Å²) in [4.78, 5) is 18.6. The van der Waals surface area contributed by atoms with Crippen molar-refractivity contribution in [2.45, 2.75) is 19.1 Å². The highest BCUT2D eigenvalue weighted by Gasteiger charge is 2.35. The number of halogens is 3. The molecule has 0 saturated heterocycles. The number of nitrogens with zero attached hydrogens (tertiary/aromatic N) is 1. The number of H-pyrrole nitrogens is 1. The van der Waals surface area contributed by atoms with Gasteiger partial charge in [0.2, 0.25) is 0 Å². The molecule has 2 heterocycles. The third-order valence-corrected chi connectivity index (χ3v) is 6.50. The molecule has 1 aliphatic heterocycles. The minimum Gasteiger partial charge on any atom is -0.497 e. The van der Waals surface area contributed by atoms with Gasteiger partial charge in [0.15, 0.2) is 6.61 Å². The largest absolute Gasteiger partial charge is 0.497 e. The predicted molar refractivity (Wildman–Crippen MR) is 132 cm³/mol. The molecule has 0 fully saturated rings. The molecule has 1 N–H and O–H groups in total. The van der Waals surface area contributed by atoms with Crippen LogP contribution in [0.3, 0.4) is 0 Å². The number of aromatic nitrogens is 1. The van der Waals surface area contributed by atoms with E-state index in [1.54, 1.807) is 48.4 Å². The van der Waals surface area contributed by atoms with Gasteiger partial charge >= 0.3 is 6.61 Å². The van der Waals surface area contributed by atoms with E-state index in [2.05, 4.69) is 9.72 Å². The van der Waals surface area contributed by atoms with Gasteiger partial charge in [-0.3, -0.25) is 4.79 Å². The first kappa shape index (κ1) is 23.9. The van der Waals surface area contributed by atoms with E-state index < -0.39 is 12.7 Å². The molecule has 186 valence electrons. The molecule has 1 atom stereocenters. The van der Waals surface area contributed by atoms with Gasteiger partial charge < -0.3 is 24.1 Å². The van der Waals surface area contributed by atoms with Crippen molar-refractivity contribution in [2.24, 2.45) is 0 Å². The predicted octanol–water partition coefficient (Wildman–Crippen LogP) is 5.98. The van der Waals surface area contributed by atoms with Crippen LogP contribution < -0.4 is 14.2 Å². The Morgan fingerprint density at radius 3 is 2.44 bits per heavy atom. The summed E-state index contributed by atoms with van der Waals surface area (Å²) in [5, 5.41) is 1.60. The number of hydrogen-bond acceptors (Lipinski definition) is 4. The molecule has 0 spiro atoms. The summed E-state index contributed by atoms with van der Waals surface area (Å²) >= 11 is 5.93. The number of amides is 1. The third kappa shape index (κ3) is 4.81. The molecule has 4 aromatic rings. The number of hydrogen-bond donors (Lipinski definition) is 1. The van der Waals surface area contributed by atoms with Crippen LogP contribution in [-0.4, -0.2) is 42.7 Å². The Labute approximate surface area is 211 Å². The van der Waals surface area contributed by atoms with Crippen LogP contribution in [-0.2, 0) is 11.2 Å². The summed E-state index contributed by atoms with van der Waals surface area (Å²) in [6.45, 7) is -2.61. The fraction of sp³-hybridized carbons (Fsp3) is 0.222. The molecule has 9 heteroatoms. The number of carbonyl (C=O) groups is 1. The van der Waals surface area contributed by atoms with Crippen molar-refractivity contribution < 1.29 is 27.8 Å². The van der Waals surface area contributed by atoms with Crippen LogP contribution >= 0.6 is 11.6 Å². The van der Waals surface area contributed by atoms with Gasteiger partial charge in [-0.1, -0.05) is 23.7 Å². The SMILES string of the molecule is COc1ccc2[nH]c3c(c2c1)CCN(C(=O)COc1ccc(Cl)cc1)[C@@H]3c1ccc(OC(F)F)cc1. The van der Waals surface area contributed by atoms with E-state index in [0.717, 1.165) is 33.5 Å². The Morgan fingerprint density at radius 1 is 1.06 bits per heavy atom. The number of aromatic amines is 1. The molecule has 0 radical (unpaired) electrons. The maximum atomic E-state index is 13.4. The molecule has 0 aliphatic carbocycles. The van der Waals surface area contributed by atoms with Crippen LogP contribution in [0.5, 0.6) is 17.2 Å². The van der Waals surface area contributed by atoms with Gasteiger partial charge in [-0.2, -0.15) is 8.78 Å². The summed E-state index contributed by atoms with van der Waals surface area (Å²) in [7, 11) is 1.62. The minimum atomic E-state index is -2.91. The van der Waals surface area contributed by atoms with Crippen LogP contribution in [0.1, 0.15) is 22.9 Å². The summed E-state index contributed by atoms with van der Waals surface area (Å²) in [6.07, 6.45) is 0.637. The number of fused-ring (bicyclic) bond motifs is 3. The Kier molecular flexibility index (Phi) is 6.69. The lowest BCUT2D eigenvalue weighted by molar-refractivity contribution is -0.135. The van der Waals surface area contributed by atoms with Gasteiger partial charge in [0.05, 0.1) is 13.2 Å². The lowest BCUT2D eigenvalue weighted by Crippen LogP contribution is -2.42. The van der Waals surface area contributed by atoms with E-state index in [4.69, 9.17) is 21.1 Å². The molecular weight excluding hydrogens is 490 g/mol. The number of ether oxygens (including phenoxy) is 3. The van der Waals surface area contributed by atoms with Gasteiger partial charge in [-0.25, -0.2) is 0 Å². The molecule has 1 aliphatic rings. The number of rotatable bonds is 7. The molecule has 3 aromatic carbocycles. The molecule has 36 heavy (non-hydrogen) atoms. The summed E-state index contributed by atoms with van der Waals surface area (Å²) < 4.78 is 40.9. The van der Waals surface area contributed by atoms with Crippen LogP contribution in [0.25, 0.3) is 10.9 Å². The molecule has 5 rings (SSSR count). The highest BCUT2D eigenvalue weighted by molar-refractivity contribution is 6.30. The number of methoxy groups -OCH3 is 1. The smallest absolute Gasteiger partial charge is 0.387 e. The van der Waals surface area contributed by atoms with Crippen molar-refractivity contribution in [1.82, 2.24) is 9.88 Å². The fourth-order valence-corrected chi connectivity index (χ4v) is 4.73. The summed E-state index contributed by atoms with van der Waals surface area (Å²) in [6, 6.07) is 18.5. The van der Waals surface area contributed by atoms with Gasteiger partial charge in [-0.05, 0) is 72.1 Å². The van der Waals surface area contributed by atoms with Crippen LogP contribution in [0.2, 0.25) is 5.02 Å². The third-order valence-electron chi connectivity index (χ3n) is 6.25. The Hall–Kier alpha value is -3.78. The second-order valence-electron chi connectivity index (χ2n) is 8.36. The lowest BCUT2D eigenvalue weighted by Gasteiger charge is -2.36. The fourth-order valence-electron chi connectivity index (χ4n) is 4.60. The maximum Gasteiger partial charge on any atom is 0.387 e. The molecule has 0 saturated carbocycles. The van der Waals surface area contributed by atoms with Crippen molar-refractivity contribution in [3.63, 3.8) is 0 Å². The van der Waals surface area contributed by atoms with Crippen molar-refractivity contribution in [3.05, 3.63) is 88.6 Å². The second kappa shape index (κ2) is 10.1. The number of benzene rings is 3. The summed E-state index contributed by atoms with van der Waals surface area (Å²) in [5.41, 5.74) is 3.64. The minimum absolute atomic E-state index is 0.0510. The highest BCUT2D eigenvalue weighted by Crippen LogP contribution is 2.40. The monoisotopic (exact) mass is 512 g/mol. The average molecular weight is 513 g/mol. The Balaban J connectivity index is 1.49. The standard InChI is InChI=1S/C27H23ClF2N2O4/c1-34-20-10-11-23-22(14-20)21-12-13-32(24(33)15-35-18-8-4-17(28)5-9-18)26(25(21)31-23)16-2-6-19(7-3-16)36-27(29)30/h2-11,14,26-27,31H,12-13,15H2,1H3/t26-/m1/s1. The molecule has 6 nitrogen and oxygen atoms in total. The van der Waals surface area contributed by atoms with Crippen LogP contribution in [0.4, 0.5) is 8.78 Å². The van der Waals surface area contributed by atoms with Crippen LogP contribution in [0, 0.1) is 0 Å². The zero-order chi connectivity index (χ0) is 25.2. The Bertz CT molecular complexity index is 1370. The van der Waals surface area contributed by atoms with Gasteiger partial charge in [0, 0.05) is 28.2 Å². The normalized spacial score (nSPS) is 15.1. The lowest BCUT2D eigenvalue weighted by atomic mass is 9.92. The Morgan fingerprint density at radius 2 is 1.75 bits per heavy atom. The van der Waals surface area contributed by atoms with E-state index in [1.807, 2.05) is 18.2 Å². The number of carbonyl (C=O) groups excluding carboxylic acids is 1. The highest BCUT2D eigenvalue weighted by atomic mass is 35.5. The zero-order valence-electron chi connectivity index (χ0n) is 19.3. The number of nitrogens with one attached hydrogen (secondary N) is 1. The summed E-state index contributed by atoms with van der Waals surface area (Å²) in [5.74, 6) is 1.12. The molecule has 1 amide bonds. The number of alkyl halides is 2.